The van der Waals surface area contributed by atoms with Crippen LogP contribution in [0.25, 0.3) is 11.4 Å². The van der Waals surface area contributed by atoms with E-state index in [0.29, 0.717) is 11.7 Å². The van der Waals surface area contributed by atoms with Crippen LogP contribution in [-0.2, 0) is 24.2 Å². The summed E-state index contributed by atoms with van der Waals surface area (Å²) in [6.45, 7) is 2.23. The van der Waals surface area contributed by atoms with Crippen molar-refractivity contribution >= 4 is 5.91 Å². The molecule has 0 saturated carbocycles. The first-order chi connectivity index (χ1) is 14.1. The quantitative estimate of drug-likeness (QED) is 0.636. The van der Waals surface area contributed by atoms with E-state index < -0.39 is 0 Å². The van der Waals surface area contributed by atoms with Crippen LogP contribution in [0.1, 0.15) is 35.4 Å². The SMILES string of the molecule is Cc1cccc(-c2noc(CN(C)C(=O)COc3ccc4c(c3)CCCC4)n2)c1. The molecule has 150 valence electrons. The number of rotatable bonds is 6. The van der Waals surface area contributed by atoms with Gasteiger partial charge in [-0.1, -0.05) is 35.0 Å². The number of carbonyl (C=O) groups excluding carboxylic acids is 1. The molecule has 1 aliphatic rings. The van der Waals surface area contributed by atoms with Crippen molar-refractivity contribution in [3.63, 3.8) is 0 Å². The van der Waals surface area contributed by atoms with E-state index in [1.165, 1.54) is 28.9 Å². The van der Waals surface area contributed by atoms with E-state index in [4.69, 9.17) is 9.26 Å². The molecule has 4 rings (SSSR count). The van der Waals surface area contributed by atoms with Gasteiger partial charge in [-0.2, -0.15) is 4.98 Å². The predicted molar refractivity (Wildman–Crippen MR) is 110 cm³/mol. The van der Waals surface area contributed by atoms with Gasteiger partial charge < -0.3 is 14.2 Å². The number of ether oxygens (including phenoxy) is 1. The van der Waals surface area contributed by atoms with Gasteiger partial charge >= 0.3 is 0 Å². The van der Waals surface area contributed by atoms with E-state index in [9.17, 15) is 4.79 Å². The summed E-state index contributed by atoms with van der Waals surface area (Å²) < 4.78 is 11.0. The fraction of sp³-hybridized carbons (Fsp3) is 0.348. The number of amides is 1. The van der Waals surface area contributed by atoms with Crippen LogP contribution in [0.15, 0.2) is 47.0 Å². The molecule has 0 saturated heterocycles. The van der Waals surface area contributed by atoms with E-state index in [2.05, 4.69) is 22.3 Å². The van der Waals surface area contributed by atoms with Gasteiger partial charge in [0, 0.05) is 12.6 Å². The predicted octanol–water partition coefficient (Wildman–Crippen LogP) is 3.96. The molecule has 1 aromatic heterocycles. The van der Waals surface area contributed by atoms with Gasteiger partial charge in [0.25, 0.3) is 5.91 Å². The van der Waals surface area contributed by atoms with E-state index >= 15 is 0 Å². The molecule has 3 aromatic rings. The molecule has 1 aliphatic carbocycles. The third-order valence-electron chi connectivity index (χ3n) is 5.22. The van der Waals surface area contributed by atoms with Gasteiger partial charge in [0.05, 0.1) is 6.54 Å². The van der Waals surface area contributed by atoms with Crippen molar-refractivity contribution in [1.82, 2.24) is 15.0 Å². The molecule has 0 unspecified atom stereocenters. The standard InChI is InChI=1S/C23H25N3O3/c1-16-6-5-9-19(12-16)23-24-21(29-25-23)14-26(2)22(27)15-28-20-11-10-17-7-3-4-8-18(17)13-20/h5-6,9-13H,3-4,7-8,14-15H2,1-2H3. The summed E-state index contributed by atoms with van der Waals surface area (Å²) in [5, 5.41) is 4.02. The largest absolute Gasteiger partial charge is 0.484 e. The minimum Gasteiger partial charge on any atom is -0.484 e. The molecule has 0 spiro atoms. The zero-order valence-corrected chi connectivity index (χ0v) is 16.9. The maximum atomic E-state index is 12.4. The van der Waals surface area contributed by atoms with Crippen molar-refractivity contribution in [2.75, 3.05) is 13.7 Å². The number of aryl methyl sites for hydroxylation is 3. The van der Waals surface area contributed by atoms with Crippen LogP contribution in [0.4, 0.5) is 0 Å². The summed E-state index contributed by atoms with van der Waals surface area (Å²) in [7, 11) is 1.70. The molecule has 0 bridgehead atoms. The molecule has 2 aromatic carbocycles. The summed E-state index contributed by atoms with van der Waals surface area (Å²) in [6, 6.07) is 14.0. The van der Waals surface area contributed by atoms with Crippen LogP contribution in [0, 0.1) is 6.92 Å². The van der Waals surface area contributed by atoms with E-state index in [1.807, 2.05) is 37.3 Å². The Kier molecular flexibility index (Phi) is 5.60. The second-order valence-electron chi connectivity index (χ2n) is 7.56. The molecule has 0 atom stereocenters. The Labute approximate surface area is 170 Å². The summed E-state index contributed by atoms with van der Waals surface area (Å²) in [6.07, 6.45) is 4.68. The lowest BCUT2D eigenvalue weighted by Gasteiger charge is -2.18. The Balaban J connectivity index is 1.33. The second-order valence-corrected chi connectivity index (χ2v) is 7.56. The monoisotopic (exact) mass is 391 g/mol. The molecule has 0 aliphatic heterocycles. The van der Waals surface area contributed by atoms with E-state index in [-0.39, 0.29) is 19.1 Å². The smallest absolute Gasteiger partial charge is 0.260 e. The number of likely N-dealkylation sites (N-methyl/N-ethyl adjacent to an activating group) is 1. The average Bonchev–Trinajstić information content (AvgIpc) is 3.20. The summed E-state index contributed by atoms with van der Waals surface area (Å²) in [5.74, 6) is 1.52. The fourth-order valence-corrected chi connectivity index (χ4v) is 3.57. The average molecular weight is 391 g/mol. The lowest BCUT2D eigenvalue weighted by atomic mass is 9.92. The number of fused-ring (bicyclic) bond motifs is 1. The zero-order valence-electron chi connectivity index (χ0n) is 16.9. The first-order valence-corrected chi connectivity index (χ1v) is 9.97. The van der Waals surface area contributed by atoms with Gasteiger partial charge in [0.15, 0.2) is 6.61 Å². The lowest BCUT2D eigenvalue weighted by Crippen LogP contribution is -2.31. The molecular weight excluding hydrogens is 366 g/mol. The van der Waals surface area contributed by atoms with Crippen molar-refractivity contribution in [2.24, 2.45) is 0 Å². The Morgan fingerprint density at radius 1 is 1.14 bits per heavy atom. The summed E-state index contributed by atoms with van der Waals surface area (Å²) >= 11 is 0. The van der Waals surface area contributed by atoms with Gasteiger partial charge in [-0.05, 0) is 61.9 Å². The minimum absolute atomic E-state index is 0.0197. The minimum atomic E-state index is -0.141. The van der Waals surface area contributed by atoms with Crippen molar-refractivity contribution in [2.45, 2.75) is 39.2 Å². The first kappa shape index (κ1) is 19.2. The number of benzene rings is 2. The molecular formula is C23H25N3O3. The molecule has 0 radical (unpaired) electrons. The van der Waals surface area contributed by atoms with Crippen LogP contribution in [0.2, 0.25) is 0 Å². The number of aromatic nitrogens is 2. The maximum absolute atomic E-state index is 12.4. The molecule has 6 heteroatoms. The van der Waals surface area contributed by atoms with Crippen molar-refractivity contribution in [1.29, 1.82) is 0 Å². The van der Waals surface area contributed by atoms with Crippen LogP contribution >= 0.6 is 0 Å². The third-order valence-corrected chi connectivity index (χ3v) is 5.22. The Hall–Kier alpha value is -3.15. The molecule has 0 fully saturated rings. The maximum Gasteiger partial charge on any atom is 0.260 e. The molecule has 0 N–H and O–H groups in total. The lowest BCUT2D eigenvalue weighted by molar-refractivity contribution is -0.132. The van der Waals surface area contributed by atoms with Crippen LogP contribution < -0.4 is 4.74 Å². The summed E-state index contributed by atoms with van der Waals surface area (Å²) in [4.78, 5) is 18.4. The van der Waals surface area contributed by atoms with Crippen LogP contribution in [0.3, 0.4) is 0 Å². The van der Waals surface area contributed by atoms with Crippen molar-refractivity contribution < 1.29 is 14.1 Å². The van der Waals surface area contributed by atoms with Gasteiger partial charge in [-0.25, -0.2) is 0 Å². The number of carbonyl (C=O) groups is 1. The normalized spacial score (nSPS) is 13.0. The topological polar surface area (TPSA) is 68.5 Å². The molecule has 1 amide bonds. The summed E-state index contributed by atoms with van der Waals surface area (Å²) in [5.41, 5.74) is 4.75. The van der Waals surface area contributed by atoms with E-state index in [1.54, 1.807) is 7.05 Å². The Morgan fingerprint density at radius 3 is 2.79 bits per heavy atom. The van der Waals surface area contributed by atoms with Gasteiger partial charge in [0.2, 0.25) is 11.7 Å². The highest BCUT2D eigenvalue weighted by atomic mass is 16.5. The second kappa shape index (κ2) is 8.47. The number of hydrogen-bond acceptors (Lipinski definition) is 5. The Morgan fingerprint density at radius 2 is 1.97 bits per heavy atom. The fourth-order valence-electron chi connectivity index (χ4n) is 3.57. The number of nitrogens with zero attached hydrogens (tertiary/aromatic N) is 3. The van der Waals surface area contributed by atoms with Gasteiger partial charge in [-0.15, -0.1) is 0 Å². The third kappa shape index (κ3) is 4.65. The molecule has 6 nitrogen and oxygen atoms in total. The highest BCUT2D eigenvalue weighted by Crippen LogP contribution is 2.25. The van der Waals surface area contributed by atoms with Crippen LogP contribution in [0.5, 0.6) is 5.75 Å². The van der Waals surface area contributed by atoms with Gasteiger partial charge in [-0.3, -0.25) is 4.79 Å². The first-order valence-electron chi connectivity index (χ1n) is 9.97. The van der Waals surface area contributed by atoms with Crippen molar-refractivity contribution in [3.8, 4) is 17.1 Å². The molecule has 1 heterocycles. The zero-order chi connectivity index (χ0) is 20.2. The Bertz CT molecular complexity index is 1010. The van der Waals surface area contributed by atoms with Gasteiger partial charge in [0.1, 0.15) is 5.75 Å². The number of hydrogen-bond donors (Lipinski definition) is 0. The highest BCUT2D eigenvalue weighted by molar-refractivity contribution is 5.77. The van der Waals surface area contributed by atoms with Crippen molar-refractivity contribution in [3.05, 3.63) is 65.0 Å². The highest BCUT2D eigenvalue weighted by Gasteiger charge is 2.16. The molecule has 29 heavy (non-hydrogen) atoms. The van der Waals surface area contributed by atoms with Crippen LogP contribution in [-0.4, -0.2) is 34.6 Å². The van der Waals surface area contributed by atoms with E-state index in [0.717, 1.165) is 29.7 Å².